The second-order valence-corrected chi connectivity index (χ2v) is 4.08. The Morgan fingerprint density at radius 3 is 2.62 bits per heavy atom. The summed E-state index contributed by atoms with van der Waals surface area (Å²) in [7, 11) is 1.74. The smallest absolute Gasteiger partial charge is 0.416 e. The van der Waals surface area contributed by atoms with Crippen LogP contribution in [0.25, 0.3) is 0 Å². The molecule has 0 aromatic heterocycles. The van der Waals surface area contributed by atoms with Crippen molar-refractivity contribution in [2.24, 2.45) is 0 Å². The third-order valence-electron chi connectivity index (χ3n) is 2.46. The molecule has 0 aliphatic rings. The van der Waals surface area contributed by atoms with E-state index in [1.54, 1.807) is 7.05 Å². The summed E-state index contributed by atoms with van der Waals surface area (Å²) >= 11 is 0. The Bertz CT molecular complexity index is 442. The van der Waals surface area contributed by atoms with Gasteiger partial charge in [0, 0.05) is 13.0 Å². The first-order valence-corrected chi connectivity index (χ1v) is 6.15. The van der Waals surface area contributed by atoms with E-state index in [-0.39, 0.29) is 37.2 Å². The lowest BCUT2D eigenvalue weighted by molar-refractivity contribution is -0.137. The van der Waals surface area contributed by atoms with Crippen molar-refractivity contribution in [2.75, 3.05) is 26.7 Å². The van der Waals surface area contributed by atoms with Crippen LogP contribution in [0.4, 0.5) is 13.2 Å². The van der Waals surface area contributed by atoms with E-state index in [1.807, 2.05) is 0 Å². The van der Waals surface area contributed by atoms with Crippen molar-refractivity contribution in [1.82, 2.24) is 10.6 Å². The minimum atomic E-state index is -4.39. The van der Waals surface area contributed by atoms with Crippen LogP contribution in [0.2, 0.25) is 0 Å². The zero-order valence-electron chi connectivity index (χ0n) is 11.5. The quantitative estimate of drug-likeness (QED) is 0.756. The van der Waals surface area contributed by atoms with Crippen LogP contribution in [-0.4, -0.2) is 32.7 Å². The second kappa shape index (κ2) is 9.46. The monoisotopic (exact) mass is 326 g/mol. The first-order chi connectivity index (χ1) is 9.43. The Morgan fingerprint density at radius 1 is 1.29 bits per heavy atom. The van der Waals surface area contributed by atoms with Gasteiger partial charge in [-0.1, -0.05) is 6.07 Å². The van der Waals surface area contributed by atoms with Crippen molar-refractivity contribution in [1.29, 1.82) is 0 Å². The summed E-state index contributed by atoms with van der Waals surface area (Å²) in [6.07, 6.45) is -4.04. The number of hydrogen-bond donors (Lipinski definition) is 2. The van der Waals surface area contributed by atoms with E-state index in [0.717, 1.165) is 12.1 Å². The Balaban J connectivity index is 0.00000400. The molecule has 0 radical (unpaired) electrons. The molecule has 0 fully saturated rings. The van der Waals surface area contributed by atoms with Gasteiger partial charge in [0.05, 0.1) is 12.1 Å². The van der Waals surface area contributed by atoms with E-state index in [2.05, 4.69) is 10.6 Å². The molecular weight excluding hydrogens is 309 g/mol. The lowest BCUT2D eigenvalue weighted by atomic mass is 10.2. The van der Waals surface area contributed by atoms with E-state index < -0.39 is 11.7 Å². The molecule has 21 heavy (non-hydrogen) atoms. The van der Waals surface area contributed by atoms with Crippen molar-refractivity contribution in [3.63, 3.8) is 0 Å². The molecule has 2 N–H and O–H groups in total. The van der Waals surface area contributed by atoms with Crippen molar-refractivity contribution in [2.45, 2.75) is 12.6 Å². The molecule has 0 spiro atoms. The summed E-state index contributed by atoms with van der Waals surface area (Å²) in [5.74, 6) is -0.00343. The van der Waals surface area contributed by atoms with Crippen molar-refractivity contribution in [3.05, 3.63) is 29.8 Å². The van der Waals surface area contributed by atoms with Crippen molar-refractivity contribution in [3.8, 4) is 5.75 Å². The van der Waals surface area contributed by atoms with Gasteiger partial charge in [0.15, 0.2) is 0 Å². The minimum Gasteiger partial charge on any atom is -0.492 e. The van der Waals surface area contributed by atoms with E-state index in [1.165, 1.54) is 12.1 Å². The highest BCUT2D eigenvalue weighted by Gasteiger charge is 2.30. The molecule has 0 heterocycles. The first kappa shape index (κ1) is 19.5. The maximum atomic E-state index is 12.5. The Labute approximate surface area is 127 Å². The molecule has 1 amide bonds. The zero-order valence-corrected chi connectivity index (χ0v) is 12.3. The number of carbonyl (C=O) groups excluding carboxylic acids is 1. The summed E-state index contributed by atoms with van der Waals surface area (Å²) in [4.78, 5) is 11.2. The molecule has 1 aromatic carbocycles. The molecule has 0 aliphatic carbocycles. The summed E-state index contributed by atoms with van der Waals surface area (Å²) in [6.45, 7) is 0.936. The Morgan fingerprint density at radius 2 is 2.00 bits per heavy atom. The van der Waals surface area contributed by atoms with Crippen LogP contribution >= 0.6 is 12.4 Å². The fraction of sp³-hybridized carbons (Fsp3) is 0.462. The van der Waals surface area contributed by atoms with E-state index in [4.69, 9.17) is 4.74 Å². The number of ether oxygens (including phenoxy) is 1. The number of amides is 1. The molecule has 1 rings (SSSR count). The van der Waals surface area contributed by atoms with Gasteiger partial charge in [-0.3, -0.25) is 4.79 Å². The van der Waals surface area contributed by atoms with Gasteiger partial charge < -0.3 is 15.4 Å². The molecule has 4 nitrogen and oxygen atoms in total. The molecule has 0 atom stereocenters. The first-order valence-electron chi connectivity index (χ1n) is 6.15. The fourth-order valence-electron chi connectivity index (χ4n) is 1.45. The fourth-order valence-corrected chi connectivity index (χ4v) is 1.45. The van der Waals surface area contributed by atoms with Gasteiger partial charge in [-0.05, 0) is 25.2 Å². The van der Waals surface area contributed by atoms with Crippen LogP contribution in [0.3, 0.4) is 0 Å². The number of benzene rings is 1. The average molecular weight is 327 g/mol. The maximum Gasteiger partial charge on any atom is 0.416 e. The van der Waals surface area contributed by atoms with Crippen LogP contribution in [0.5, 0.6) is 5.75 Å². The SMILES string of the molecule is CNCCC(=O)NCCOc1cccc(C(F)(F)F)c1.Cl. The topological polar surface area (TPSA) is 50.4 Å². The molecule has 1 aromatic rings. The third-order valence-corrected chi connectivity index (χ3v) is 2.46. The Kier molecular flexibility index (Phi) is 8.80. The number of hydrogen-bond acceptors (Lipinski definition) is 3. The second-order valence-electron chi connectivity index (χ2n) is 4.08. The lowest BCUT2D eigenvalue weighted by Crippen LogP contribution is -2.30. The van der Waals surface area contributed by atoms with Gasteiger partial charge in [-0.2, -0.15) is 13.2 Å². The summed E-state index contributed by atoms with van der Waals surface area (Å²) in [5.41, 5.74) is -0.756. The normalized spacial score (nSPS) is 10.7. The highest BCUT2D eigenvalue weighted by atomic mass is 35.5. The van der Waals surface area contributed by atoms with Crippen LogP contribution < -0.4 is 15.4 Å². The van der Waals surface area contributed by atoms with Gasteiger partial charge in [-0.15, -0.1) is 12.4 Å². The van der Waals surface area contributed by atoms with Crippen LogP contribution in [0, 0.1) is 0 Å². The highest BCUT2D eigenvalue weighted by Crippen LogP contribution is 2.31. The Hall–Kier alpha value is -1.47. The van der Waals surface area contributed by atoms with Gasteiger partial charge in [0.1, 0.15) is 12.4 Å². The van der Waals surface area contributed by atoms with Gasteiger partial charge in [0.2, 0.25) is 5.91 Å². The van der Waals surface area contributed by atoms with Crippen LogP contribution in [0.1, 0.15) is 12.0 Å². The summed E-state index contributed by atoms with van der Waals surface area (Å²) in [6, 6.07) is 4.64. The molecule has 0 saturated carbocycles. The number of carbonyl (C=O) groups is 1. The number of alkyl halides is 3. The molecule has 0 unspecified atom stereocenters. The van der Waals surface area contributed by atoms with Crippen LogP contribution in [0.15, 0.2) is 24.3 Å². The third kappa shape index (κ3) is 7.77. The predicted octanol–water partition coefficient (Wildman–Crippen LogP) is 2.23. The molecule has 0 saturated heterocycles. The standard InChI is InChI=1S/C13H17F3N2O2.ClH/c1-17-6-5-12(19)18-7-8-20-11-4-2-3-10(9-11)13(14,15)16;/h2-4,9,17H,5-8H2,1H3,(H,18,19);1H. The highest BCUT2D eigenvalue weighted by molar-refractivity contribution is 5.85. The largest absolute Gasteiger partial charge is 0.492 e. The lowest BCUT2D eigenvalue weighted by Gasteiger charge is -2.10. The maximum absolute atomic E-state index is 12.5. The summed E-state index contributed by atoms with van der Waals surface area (Å²) < 4.78 is 42.6. The molecular formula is C13H18ClF3N2O2. The number of rotatable bonds is 7. The van der Waals surface area contributed by atoms with E-state index in [0.29, 0.717) is 13.0 Å². The van der Waals surface area contributed by atoms with Crippen molar-refractivity contribution < 1.29 is 22.7 Å². The zero-order chi connectivity index (χ0) is 15.0. The predicted molar refractivity (Wildman–Crippen MR) is 75.7 cm³/mol. The average Bonchev–Trinajstić information content (AvgIpc) is 2.41. The molecule has 120 valence electrons. The van der Waals surface area contributed by atoms with Gasteiger partial charge in [0.25, 0.3) is 0 Å². The van der Waals surface area contributed by atoms with Crippen LogP contribution in [-0.2, 0) is 11.0 Å². The molecule has 8 heteroatoms. The number of halogens is 4. The van der Waals surface area contributed by atoms with Gasteiger partial charge >= 0.3 is 6.18 Å². The van der Waals surface area contributed by atoms with E-state index >= 15 is 0 Å². The minimum absolute atomic E-state index is 0. The van der Waals surface area contributed by atoms with E-state index in [9.17, 15) is 18.0 Å². The van der Waals surface area contributed by atoms with Crippen molar-refractivity contribution >= 4 is 18.3 Å². The van der Waals surface area contributed by atoms with Gasteiger partial charge in [-0.25, -0.2) is 0 Å². The summed E-state index contributed by atoms with van der Waals surface area (Å²) in [5, 5.41) is 5.44. The molecule has 0 bridgehead atoms. The molecule has 0 aliphatic heterocycles. The number of nitrogens with one attached hydrogen (secondary N) is 2.